The Morgan fingerprint density at radius 3 is 2.71 bits per heavy atom. The lowest BCUT2D eigenvalue weighted by atomic mass is 10.0. The quantitative estimate of drug-likeness (QED) is 0.669. The van der Waals surface area contributed by atoms with Crippen molar-refractivity contribution in [1.29, 1.82) is 0 Å². The fourth-order valence-corrected chi connectivity index (χ4v) is 1.95. The van der Waals surface area contributed by atoms with Gasteiger partial charge in [-0.05, 0) is 23.8 Å². The maximum Gasteiger partial charge on any atom is 0.185 e. The first kappa shape index (κ1) is 9.84. The van der Waals surface area contributed by atoms with Crippen LogP contribution in [0, 0.1) is 6.92 Å². The topological polar surface area (TPSA) is 61.8 Å². The van der Waals surface area contributed by atoms with Crippen molar-refractivity contribution in [3.8, 4) is 17.1 Å². The number of hydrogen-bond donors (Lipinski definition) is 2. The lowest BCUT2D eigenvalue weighted by Crippen LogP contribution is -1.85. The normalized spacial score (nSPS) is 10.9. The van der Waals surface area contributed by atoms with E-state index in [1.807, 2.05) is 37.3 Å². The lowest BCUT2D eigenvalue weighted by molar-refractivity contribution is 0.477. The molecular weight excluding hydrogens is 214 g/mol. The summed E-state index contributed by atoms with van der Waals surface area (Å²) in [6, 6.07) is 11.4. The number of aromatic amines is 1. The summed E-state index contributed by atoms with van der Waals surface area (Å²) in [5.41, 5.74) is 0.674. The molecule has 0 saturated heterocycles. The van der Waals surface area contributed by atoms with Gasteiger partial charge < -0.3 is 5.11 Å². The molecule has 0 aliphatic carbocycles. The van der Waals surface area contributed by atoms with E-state index in [-0.39, 0.29) is 5.75 Å². The zero-order valence-electron chi connectivity index (χ0n) is 9.31. The summed E-state index contributed by atoms with van der Waals surface area (Å²) in [4.78, 5) is 4.27. The number of aromatic hydroxyl groups is 1. The zero-order valence-corrected chi connectivity index (χ0v) is 9.31. The molecule has 0 aliphatic heterocycles. The van der Waals surface area contributed by atoms with Gasteiger partial charge in [0.05, 0.1) is 5.56 Å². The molecule has 0 atom stereocenters. The number of phenolic OH excluding ortho intramolecular Hbond substituents is 1. The van der Waals surface area contributed by atoms with Crippen LogP contribution in [0.3, 0.4) is 0 Å². The summed E-state index contributed by atoms with van der Waals surface area (Å²) in [7, 11) is 0. The van der Waals surface area contributed by atoms with Gasteiger partial charge in [0, 0.05) is 0 Å². The van der Waals surface area contributed by atoms with Gasteiger partial charge in [-0.1, -0.05) is 30.3 Å². The predicted molar refractivity (Wildman–Crippen MR) is 65.7 cm³/mol. The largest absolute Gasteiger partial charge is 0.507 e. The monoisotopic (exact) mass is 225 g/mol. The smallest absolute Gasteiger partial charge is 0.185 e. The van der Waals surface area contributed by atoms with Gasteiger partial charge in [-0.15, -0.1) is 0 Å². The maximum atomic E-state index is 9.98. The molecule has 0 bridgehead atoms. The van der Waals surface area contributed by atoms with Crippen molar-refractivity contribution in [3.05, 3.63) is 42.2 Å². The van der Waals surface area contributed by atoms with Crippen LogP contribution >= 0.6 is 0 Å². The molecule has 17 heavy (non-hydrogen) atoms. The second-order valence-corrected chi connectivity index (χ2v) is 3.93. The van der Waals surface area contributed by atoms with E-state index >= 15 is 0 Å². The Kier molecular flexibility index (Phi) is 2.08. The molecule has 1 heterocycles. The number of aryl methyl sites for hydroxylation is 1. The van der Waals surface area contributed by atoms with Crippen LogP contribution in [0.15, 0.2) is 36.4 Å². The third-order valence-electron chi connectivity index (χ3n) is 2.73. The predicted octanol–water partition coefficient (Wildman–Crippen LogP) is 2.64. The number of hydrogen-bond acceptors (Lipinski definition) is 3. The summed E-state index contributed by atoms with van der Waals surface area (Å²) in [6.45, 7) is 1.83. The highest BCUT2D eigenvalue weighted by atomic mass is 16.3. The number of nitrogens with one attached hydrogen (secondary N) is 1. The minimum atomic E-state index is 0.197. The third kappa shape index (κ3) is 1.54. The van der Waals surface area contributed by atoms with Crippen LogP contribution in [0.4, 0.5) is 0 Å². The molecule has 1 aromatic heterocycles. The van der Waals surface area contributed by atoms with E-state index in [0.29, 0.717) is 11.4 Å². The number of benzene rings is 2. The molecule has 0 saturated carbocycles. The van der Waals surface area contributed by atoms with E-state index in [1.165, 1.54) is 0 Å². The second-order valence-electron chi connectivity index (χ2n) is 3.93. The standard InChI is InChI=1S/C13H11N3O/c1-8-14-13(16-15-8)12-10-5-3-2-4-9(10)6-7-11(12)17/h2-7,17H,1H3,(H,14,15,16). The van der Waals surface area contributed by atoms with E-state index < -0.39 is 0 Å². The van der Waals surface area contributed by atoms with Gasteiger partial charge in [0.1, 0.15) is 11.6 Å². The molecule has 4 heteroatoms. The number of H-pyrrole nitrogens is 1. The van der Waals surface area contributed by atoms with Gasteiger partial charge >= 0.3 is 0 Å². The van der Waals surface area contributed by atoms with Crippen molar-refractivity contribution >= 4 is 10.8 Å². The maximum absolute atomic E-state index is 9.98. The molecule has 0 aliphatic rings. The summed E-state index contributed by atoms with van der Waals surface area (Å²) >= 11 is 0. The van der Waals surface area contributed by atoms with Crippen molar-refractivity contribution in [1.82, 2.24) is 15.2 Å². The highest BCUT2D eigenvalue weighted by Gasteiger charge is 2.12. The van der Waals surface area contributed by atoms with Crippen LogP contribution in [0.5, 0.6) is 5.75 Å². The second kappa shape index (κ2) is 3.59. The van der Waals surface area contributed by atoms with Crippen LogP contribution in [0.25, 0.3) is 22.2 Å². The molecular formula is C13H11N3O. The number of nitrogens with zero attached hydrogens (tertiary/aromatic N) is 2. The Labute approximate surface area is 97.9 Å². The van der Waals surface area contributed by atoms with E-state index in [2.05, 4.69) is 15.2 Å². The number of aromatic nitrogens is 3. The molecule has 0 radical (unpaired) electrons. The van der Waals surface area contributed by atoms with Crippen LogP contribution in [-0.2, 0) is 0 Å². The molecule has 0 amide bonds. The van der Waals surface area contributed by atoms with E-state index in [9.17, 15) is 5.11 Å². The van der Waals surface area contributed by atoms with Gasteiger partial charge in [-0.2, -0.15) is 5.10 Å². The number of phenols is 1. The van der Waals surface area contributed by atoms with Gasteiger partial charge in [0.15, 0.2) is 5.82 Å². The Hall–Kier alpha value is -2.36. The molecule has 0 fully saturated rings. The molecule has 0 spiro atoms. The van der Waals surface area contributed by atoms with Crippen molar-refractivity contribution < 1.29 is 5.11 Å². The fourth-order valence-electron chi connectivity index (χ4n) is 1.95. The van der Waals surface area contributed by atoms with Gasteiger partial charge in [-0.25, -0.2) is 4.98 Å². The van der Waals surface area contributed by atoms with E-state index in [1.54, 1.807) is 6.07 Å². The summed E-state index contributed by atoms with van der Waals surface area (Å²) in [5, 5.41) is 18.9. The third-order valence-corrected chi connectivity index (χ3v) is 2.73. The highest BCUT2D eigenvalue weighted by molar-refractivity contribution is 5.97. The molecule has 4 nitrogen and oxygen atoms in total. The average molecular weight is 225 g/mol. The molecule has 3 rings (SSSR count). The Morgan fingerprint density at radius 2 is 1.94 bits per heavy atom. The lowest BCUT2D eigenvalue weighted by Gasteiger charge is -2.05. The average Bonchev–Trinajstić information content (AvgIpc) is 2.75. The summed E-state index contributed by atoms with van der Waals surface area (Å²) in [6.07, 6.45) is 0. The van der Waals surface area contributed by atoms with Crippen molar-refractivity contribution in [3.63, 3.8) is 0 Å². The first-order valence-electron chi connectivity index (χ1n) is 5.36. The first-order valence-corrected chi connectivity index (χ1v) is 5.36. The molecule has 0 unspecified atom stereocenters. The van der Waals surface area contributed by atoms with Crippen molar-refractivity contribution in [2.24, 2.45) is 0 Å². The van der Waals surface area contributed by atoms with E-state index in [4.69, 9.17) is 0 Å². The Balaban J connectivity index is 2.38. The molecule has 3 aromatic rings. The minimum Gasteiger partial charge on any atom is -0.507 e. The van der Waals surface area contributed by atoms with Crippen LogP contribution in [-0.4, -0.2) is 20.3 Å². The van der Waals surface area contributed by atoms with Gasteiger partial charge in [0.2, 0.25) is 0 Å². The SMILES string of the molecule is Cc1nc(-c2c(O)ccc3ccccc23)n[nH]1. The van der Waals surface area contributed by atoms with Crippen molar-refractivity contribution in [2.75, 3.05) is 0 Å². The fraction of sp³-hybridized carbons (Fsp3) is 0.0769. The first-order chi connectivity index (χ1) is 8.25. The molecule has 2 aromatic carbocycles. The zero-order chi connectivity index (χ0) is 11.8. The highest BCUT2D eigenvalue weighted by Crippen LogP contribution is 2.34. The minimum absolute atomic E-state index is 0.197. The van der Waals surface area contributed by atoms with Crippen molar-refractivity contribution in [2.45, 2.75) is 6.92 Å². The Bertz CT molecular complexity index is 688. The van der Waals surface area contributed by atoms with Gasteiger partial charge in [-0.3, -0.25) is 5.10 Å². The summed E-state index contributed by atoms with van der Waals surface area (Å²) in [5.74, 6) is 1.45. The number of rotatable bonds is 1. The number of fused-ring (bicyclic) bond motifs is 1. The molecule has 2 N–H and O–H groups in total. The molecule has 84 valence electrons. The van der Waals surface area contributed by atoms with Crippen LogP contribution in [0.2, 0.25) is 0 Å². The summed E-state index contributed by atoms with van der Waals surface area (Å²) < 4.78 is 0. The van der Waals surface area contributed by atoms with Crippen LogP contribution in [0.1, 0.15) is 5.82 Å². The van der Waals surface area contributed by atoms with Crippen LogP contribution < -0.4 is 0 Å². The van der Waals surface area contributed by atoms with Gasteiger partial charge in [0.25, 0.3) is 0 Å². The Morgan fingerprint density at radius 1 is 1.12 bits per heavy atom. The van der Waals surface area contributed by atoms with E-state index in [0.717, 1.165) is 16.6 Å².